The molecule has 1 fully saturated rings. The fourth-order valence-electron chi connectivity index (χ4n) is 2.21. The first-order valence-corrected chi connectivity index (χ1v) is 6.44. The van der Waals surface area contributed by atoms with Gasteiger partial charge in [0.25, 0.3) is 11.6 Å². The third kappa shape index (κ3) is 3.72. The molecule has 114 valence electrons. The number of carbonyl (C=O) groups is 1. The lowest BCUT2D eigenvalue weighted by atomic mass is 10.1. The molecule has 2 unspecified atom stereocenters. The summed E-state index contributed by atoms with van der Waals surface area (Å²) >= 11 is 0. The lowest BCUT2D eigenvalue weighted by Gasteiger charge is -2.17. The molecule has 2 rings (SSSR count). The van der Waals surface area contributed by atoms with Gasteiger partial charge in [0.2, 0.25) is 5.91 Å². The average molecular weight is 299 g/mol. The Morgan fingerprint density at radius 2 is 2.29 bits per heavy atom. The van der Waals surface area contributed by atoms with Gasteiger partial charge in [-0.3, -0.25) is 20.2 Å². The van der Waals surface area contributed by atoms with Crippen molar-refractivity contribution in [1.29, 1.82) is 0 Å². The van der Waals surface area contributed by atoms with Gasteiger partial charge in [0.1, 0.15) is 0 Å². The summed E-state index contributed by atoms with van der Waals surface area (Å²) < 4.78 is 26.1. The molecule has 0 radical (unpaired) electrons. The Balaban J connectivity index is 2.01. The topological polar surface area (TPSA) is 84.3 Å². The highest BCUT2D eigenvalue weighted by Crippen LogP contribution is 2.26. The molecule has 2 atom stereocenters. The van der Waals surface area contributed by atoms with Crippen LogP contribution in [0.3, 0.4) is 0 Å². The quantitative estimate of drug-likeness (QED) is 0.655. The highest BCUT2D eigenvalue weighted by atomic mass is 19.3. The number of alkyl halides is 2. The van der Waals surface area contributed by atoms with Crippen LogP contribution in [0.5, 0.6) is 0 Å². The smallest absolute Gasteiger partial charge is 0.269 e. The van der Waals surface area contributed by atoms with E-state index in [0.29, 0.717) is 5.56 Å². The van der Waals surface area contributed by atoms with Gasteiger partial charge in [-0.25, -0.2) is 8.78 Å². The molecule has 6 nitrogen and oxygen atoms in total. The molecule has 1 aliphatic rings. The van der Waals surface area contributed by atoms with Crippen LogP contribution in [0.15, 0.2) is 24.3 Å². The Hall–Kier alpha value is -2.09. The molecule has 1 saturated heterocycles. The number of nitro benzene ring substituents is 1. The van der Waals surface area contributed by atoms with Crippen molar-refractivity contribution in [2.75, 3.05) is 6.54 Å². The second-order valence-corrected chi connectivity index (χ2v) is 5.08. The predicted octanol–water partition coefficient (Wildman–Crippen LogP) is 1.77. The Labute approximate surface area is 119 Å². The van der Waals surface area contributed by atoms with E-state index >= 15 is 0 Å². The van der Waals surface area contributed by atoms with Crippen LogP contribution in [-0.2, 0) is 4.79 Å². The minimum Gasteiger partial charge on any atom is -0.348 e. The van der Waals surface area contributed by atoms with Crippen LogP contribution >= 0.6 is 0 Å². The zero-order valence-electron chi connectivity index (χ0n) is 11.3. The van der Waals surface area contributed by atoms with E-state index in [1.807, 2.05) is 0 Å². The summed E-state index contributed by atoms with van der Waals surface area (Å²) in [6.07, 6.45) is -0.541. The average Bonchev–Trinajstić information content (AvgIpc) is 2.79. The zero-order valence-corrected chi connectivity index (χ0v) is 11.3. The van der Waals surface area contributed by atoms with Crippen LogP contribution < -0.4 is 10.6 Å². The van der Waals surface area contributed by atoms with E-state index in [-0.39, 0.29) is 5.69 Å². The number of nitrogens with one attached hydrogen (secondary N) is 2. The van der Waals surface area contributed by atoms with Gasteiger partial charge >= 0.3 is 0 Å². The van der Waals surface area contributed by atoms with Crippen LogP contribution in [0, 0.1) is 10.1 Å². The minimum atomic E-state index is -2.88. The van der Waals surface area contributed by atoms with E-state index in [9.17, 15) is 23.7 Å². The number of hydrogen-bond donors (Lipinski definition) is 2. The van der Waals surface area contributed by atoms with Gasteiger partial charge in [0.05, 0.1) is 23.6 Å². The molecule has 0 aromatic heterocycles. The first-order chi connectivity index (χ1) is 9.78. The molecule has 1 amide bonds. The maximum atomic E-state index is 13.0. The standard InChI is InChI=1S/C13H15F2N3O3/c1-8(9-3-2-4-10(5-9)18(20)21)17-12(19)11-6-13(14,15)7-16-11/h2-5,8,11,16H,6-7H2,1H3,(H,17,19). The van der Waals surface area contributed by atoms with E-state index in [0.717, 1.165) is 0 Å². The number of carbonyl (C=O) groups excluding carboxylic acids is 1. The van der Waals surface area contributed by atoms with Crippen LogP contribution in [0.25, 0.3) is 0 Å². The second kappa shape index (κ2) is 5.72. The molecule has 0 bridgehead atoms. The molecule has 0 saturated carbocycles. The summed E-state index contributed by atoms with van der Waals surface area (Å²) in [5, 5.41) is 15.8. The van der Waals surface area contributed by atoms with Crippen LogP contribution in [0.4, 0.5) is 14.5 Å². The zero-order chi connectivity index (χ0) is 15.6. The van der Waals surface area contributed by atoms with E-state index in [1.54, 1.807) is 13.0 Å². The number of nitro groups is 1. The molecular weight excluding hydrogens is 284 g/mol. The van der Waals surface area contributed by atoms with Gasteiger partial charge in [0, 0.05) is 18.6 Å². The van der Waals surface area contributed by atoms with E-state index < -0.39 is 41.8 Å². The largest absolute Gasteiger partial charge is 0.348 e. The predicted molar refractivity (Wildman–Crippen MR) is 71.0 cm³/mol. The Morgan fingerprint density at radius 1 is 1.57 bits per heavy atom. The van der Waals surface area contributed by atoms with E-state index in [1.165, 1.54) is 18.2 Å². The van der Waals surface area contributed by atoms with Crippen LogP contribution in [0.1, 0.15) is 24.9 Å². The van der Waals surface area contributed by atoms with Gasteiger partial charge in [-0.15, -0.1) is 0 Å². The number of non-ortho nitro benzene ring substituents is 1. The summed E-state index contributed by atoms with van der Waals surface area (Å²) in [4.78, 5) is 22.1. The monoisotopic (exact) mass is 299 g/mol. The highest BCUT2D eigenvalue weighted by Gasteiger charge is 2.42. The van der Waals surface area contributed by atoms with Gasteiger partial charge < -0.3 is 5.32 Å². The van der Waals surface area contributed by atoms with Crippen molar-refractivity contribution < 1.29 is 18.5 Å². The van der Waals surface area contributed by atoms with E-state index in [2.05, 4.69) is 10.6 Å². The first-order valence-electron chi connectivity index (χ1n) is 6.44. The molecule has 0 spiro atoms. The fourth-order valence-corrected chi connectivity index (χ4v) is 2.21. The van der Waals surface area contributed by atoms with Crippen molar-refractivity contribution >= 4 is 11.6 Å². The molecule has 8 heteroatoms. The normalized spacial score (nSPS) is 21.8. The number of amides is 1. The van der Waals surface area contributed by atoms with Gasteiger partial charge in [0.15, 0.2) is 0 Å². The second-order valence-electron chi connectivity index (χ2n) is 5.08. The van der Waals surface area contributed by atoms with Gasteiger partial charge in [-0.2, -0.15) is 0 Å². The van der Waals surface area contributed by atoms with Crippen molar-refractivity contribution in [2.24, 2.45) is 0 Å². The number of rotatable bonds is 4. The molecule has 1 aromatic rings. The maximum absolute atomic E-state index is 13.0. The highest BCUT2D eigenvalue weighted by molar-refractivity contribution is 5.82. The Bertz CT molecular complexity index is 565. The molecule has 2 N–H and O–H groups in total. The molecule has 1 heterocycles. The lowest BCUT2D eigenvalue weighted by molar-refractivity contribution is -0.384. The Morgan fingerprint density at radius 3 is 2.86 bits per heavy atom. The number of hydrogen-bond acceptors (Lipinski definition) is 4. The molecule has 21 heavy (non-hydrogen) atoms. The van der Waals surface area contributed by atoms with Crippen LogP contribution in [-0.4, -0.2) is 29.3 Å². The summed E-state index contributed by atoms with van der Waals surface area (Å²) in [7, 11) is 0. The van der Waals surface area contributed by atoms with Gasteiger partial charge in [-0.05, 0) is 12.5 Å². The fraction of sp³-hybridized carbons (Fsp3) is 0.462. The number of halogens is 2. The maximum Gasteiger partial charge on any atom is 0.269 e. The van der Waals surface area contributed by atoms with Gasteiger partial charge in [-0.1, -0.05) is 12.1 Å². The molecule has 0 aliphatic carbocycles. The van der Waals surface area contributed by atoms with Crippen molar-refractivity contribution in [3.63, 3.8) is 0 Å². The third-order valence-electron chi connectivity index (χ3n) is 3.37. The van der Waals surface area contributed by atoms with Crippen molar-refractivity contribution in [3.8, 4) is 0 Å². The number of nitrogens with zero attached hydrogens (tertiary/aromatic N) is 1. The Kier molecular flexibility index (Phi) is 4.17. The van der Waals surface area contributed by atoms with Crippen molar-refractivity contribution in [2.45, 2.75) is 31.4 Å². The first kappa shape index (κ1) is 15.3. The summed E-state index contributed by atoms with van der Waals surface area (Å²) in [6, 6.07) is 4.39. The molecule has 1 aromatic carbocycles. The third-order valence-corrected chi connectivity index (χ3v) is 3.37. The van der Waals surface area contributed by atoms with Crippen molar-refractivity contribution in [3.05, 3.63) is 39.9 Å². The van der Waals surface area contributed by atoms with Crippen LogP contribution in [0.2, 0.25) is 0 Å². The van der Waals surface area contributed by atoms with Crippen molar-refractivity contribution in [1.82, 2.24) is 10.6 Å². The summed E-state index contributed by atoms with van der Waals surface area (Å²) in [5.41, 5.74) is 0.460. The number of benzene rings is 1. The minimum absolute atomic E-state index is 0.0841. The summed E-state index contributed by atoms with van der Waals surface area (Å²) in [5.74, 6) is -3.41. The lowest BCUT2D eigenvalue weighted by Crippen LogP contribution is -2.41. The molecule has 1 aliphatic heterocycles. The SMILES string of the molecule is CC(NC(=O)C1CC(F)(F)CN1)c1cccc([N+](=O)[O-])c1. The molecular formula is C13H15F2N3O3. The van der Waals surface area contributed by atoms with E-state index in [4.69, 9.17) is 0 Å². The summed E-state index contributed by atoms with van der Waals surface area (Å²) in [6.45, 7) is 1.13.